The van der Waals surface area contributed by atoms with Crippen molar-refractivity contribution < 1.29 is 27.2 Å². The van der Waals surface area contributed by atoms with E-state index < -0.39 is 10.1 Å². The van der Waals surface area contributed by atoms with E-state index in [9.17, 15) is 13.0 Å². The largest absolute Gasteiger partial charge is 0.355 e. The molecule has 0 spiro atoms. The van der Waals surface area contributed by atoms with Gasteiger partial charge in [-0.1, -0.05) is 77.8 Å². The zero-order valence-electron chi connectivity index (χ0n) is 22.9. The van der Waals surface area contributed by atoms with Crippen LogP contribution >= 0.6 is 12.0 Å². The first-order valence-electron chi connectivity index (χ1n) is 13.2. The van der Waals surface area contributed by atoms with Crippen molar-refractivity contribution in [1.29, 1.82) is 0 Å². The maximum atomic E-state index is 12.6. The van der Waals surface area contributed by atoms with Crippen LogP contribution in [0.5, 0.6) is 0 Å². The summed E-state index contributed by atoms with van der Waals surface area (Å²) in [7, 11) is -3.19. The molecule has 0 saturated carbocycles. The van der Waals surface area contributed by atoms with Gasteiger partial charge in [-0.2, -0.15) is 8.42 Å². The number of nitrogens with one attached hydrogen (secondary N) is 2. The van der Waals surface area contributed by atoms with Crippen molar-refractivity contribution in [2.75, 3.05) is 17.7 Å². The fourth-order valence-electron chi connectivity index (χ4n) is 5.14. The SMILES string of the molecule is COOOSc1cccc2c(-c3ccc(Nc4ccccc4)c4c(S(=O)(=O)O)cccc34)ccc(Nc3ccccc3)c12. The summed E-state index contributed by atoms with van der Waals surface area (Å²) in [6.45, 7) is 0. The molecule has 10 heteroatoms. The highest BCUT2D eigenvalue weighted by Gasteiger charge is 2.21. The third kappa shape index (κ3) is 6.06. The summed E-state index contributed by atoms with van der Waals surface area (Å²) < 4.78 is 40.6. The van der Waals surface area contributed by atoms with Crippen LogP contribution in [0.4, 0.5) is 22.7 Å². The van der Waals surface area contributed by atoms with Gasteiger partial charge in [-0.3, -0.25) is 4.55 Å². The van der Waals surface area contributed by atoms with Crippen molar-refractivity contribution in [3.63, 3.8) is 0 Å². The molecule has 0 atom stereocenters. The van der Waals surface area contributed by atoms with Gasteiger partial charge in [0.25, 0.3) is 10.1 Å². The van der Waals surface area contributed by atoms with Crippen LogP contribution in [0.1, 0.15) is 0 Å². The summed E-state index contributed by atoms with van der Waals surface area (Å²) in [6.07, 6.45) is 0. The molecule has 0 aliphatic carbocycles. The molecule has 0 aromatic heterocycles. The second kappa shape index (κ2) is 12.4. The van der Waals surface area contributed by atoms with E-state index in [4.69, 9.17) is 4.33 Å². The van der Waals surface area contributed by atoms with Gasteiger partial charge in [0.1, 0.15) is 4.90 Å². The number of rotatable bonds is 10. The second-order valence-corrected chi connectivity index (χ2v) is 11.7. The first kappa shape index (κ1) is 28.7. The Morgan fingerprint density at radius 3 is 1.72 bits per heavy atom. The van der Waals surface area contributed by atoms with Crippen molar-refractivity contribution in [2.24, 2.45) is 0 Å². The molecule has 43 heavy (non-hydrogen) atoms. The van der Waals surface area contributed by atoms with Gasteiger partial charge in [-0.25, -0.2) is 4.89 Å². The predicted octanol–water partition coefficient (Wildman–Crippen LogP) is 8.91. The van der Waals surface area contributed by atoms with Crippen molar-refractivity contribution >= 4 is 66.5 Å². The third-order valence-corrected chi connectivity index (χ3v) is 8.44. The fourth-order valence-corrected chi connectivity index (χ4v) is 6.46. The Morgan fingerprint density at radius 2 is 1.16 bits per heavy atom. The molecule has 0 radical (unpaired) electrons. The summed E-state index contributed by atoms with van der Waals surface area (Å²) in [5, 5.41) is 14.3. The van der Waals surface area contributed by atoms with Crippen LogP contribution < -0.4 is 10.6 Å². The first-order chi connectivity index (χ1) is 20.9. The highest BCUT2D eigenvalue weighted by molar-refractivity contribution is 7.94. The lowest BCUT2D eigenvalue weighted by molar-refractivity contribution is -0.447. The maximum Gasteiger partial charge on any atom is 0.295 e. The van der Waals surface area contributed by atoms with Crippen molar-refractivity contribution in [1.82, 2.24) is 0 Å². The van der Waals surface area contributed by atoms with Crippen molar-refractivity contribution in [2.45, 2.75) is 9.79 Å². The Bertz CT molecular complexity index is 2020. The Hall–Kier alpha value is -4.42. The zero-order valence-corrected chi connectivity index (χ0v) is 24.5. The van der Waals surface area contributed by atoms with Gasteiger partial charge in [0.2, 0.25) is 0 Å². The van der Waals surface area contributed by atoms with E-state index in [1.165, 1.54) is 13.2 Å². The smallest absolute Gasteiger partial charge is 0.295 e. The number of benzene rings is 6. The van der Waals surface area contributed by atoms with E-state index in [0.29, 0.717) is 16.5 Å². The second-order valence-electron chi connectivity index (χ2n) is 9.52. The molecule has 216 valence electrons. The molecule has 0 unspecified atom stereocenters. The van der Waals surface area contributed by atoms with Gasteiger partial charge in [-0.15, -0.1) is 4.33 Å². The van der Waals surface area contributed by atoms with E-state index in [1.54, 1.807) is 6.07 Å². The van der Waals surface area contributed by atoms with Crippen LogP contribution in [-0.4, -0.2) is 20.1 Å². The molecule has 0 bridgehead atoms. The van der Waals surface area contributed by atoms with Crippen LogP contribution in [-0.2, 0) is 24.4 Å². The van der Waals surface area contributed by atoms with Crippen molar-refractivity contribution in [3.8, 4) is 11.1 Å². The highest BCUT2D eigenvalue weighted by Crippen LogP contribution is 2.44. The summed E-state index contributed by atoms with van der Waals surface area (Å²) in [6, 6.07) is 37.7. The molecule has 0 saturated heterocycles. The van der Waals surface area contributed by atoms with Crippen molar-refractivity contribution in [3.05, 3.63) is 121 Å². The fraction of sp³-hybridized carbons (Fsp3) is 0.0303. The third-order valence-electron chi connectivity index (χ3n) is 6.90. The van der Waals surface area contributed by atoms with Crippen LogP contribution in [0.2, 0.25) is 0 Å². The van der Waals surface area contributed by atoms with E-state index in [-0.39, 0.29) is 4.90 Å². The molecule has 6 rings (SSSR count). The van der Waals surface area contributed by atoms with Crippen LogP contribution in [0.25, 0.3) is 32.7 Å². The minimum Gasteiger partial charge on any atom is -0.355 e. The molecule has 8 nitrogen and oxygen atoms in total. The van der Waals surface area contributed by atoms with Gasteiger partial charge >= 0.3 is 0 Å². The van der Waals surface area contributed by atoms with Gasteiger partial charge in [0, 0.05) is 38.4 Å². The molecule has 0 heterocycles. The summed E-state index contributed by atoms with van der Waals surface area (Å²) in [5.74, 6) is 0. The topological polar surface area (TPSA) is 106 Å². The lowest BCUT2D eigenvalue weighted by Crippen LogP contribution is -2.02. The lowest BCUT2D eigenvalue weighted by atomic mass is 9.92. The number of para-hydroxylation sites is 2. The number of fused-ring (bicyclic) bond motifs is 2. The van der Waals surface area contributed by atoms with Crippen LogP contribution in [0.15, 0.2) is 131 Å². The predicted molar refractivity (Wildman–Crippen MR) is 171 cm³/mol. The Labute approximate surface area is 253 Å². The van der Waals surface area contributed by atoms with Gasteiger partial charge < -0.3 is 10.6 Å². The summed E-state index contributed by atoms with van der Waals surface area (Å²) >= 11 is 1.01. The van der Waals surface area contributed by atoms with Gasteiger partial charge in [0.15, 0.2) is 0 Å². The van der Waals surface area contributed by atoms with Crippen LogP contribution in [0.3, 0.4) is 0 Å². The quantitative estimate of drug-likeness (QED) is 0.0461. The van der Waals surface area contributed by atoms with Crippen LogP contribution in [0, 0.1) is 0 Å². The standard InChI is InChI=1S/C33H26N2O6S2/c1-39-40-41-42-30-16-8-14-26-24(18-20-28(32(26)30)34-22-10-4-2-5-11-22)25-19-21-29(35-23-12-6-3-7-13-23)33-27(25)15-9-17-31(33)43(36,37)38/h2-21,34-35H,1H3,(H,36,37,38). The molecule has 0 fully saturated rings. The van der Waals surface area contributed by atoms with E-state index in [2.05, 4.69) is 20.6 Å². The summed E-state index contributed by atoms with van der Waals surface area (Å²) in [4.78, 5) is 5.18. The number of anilines is 4. The molecule has 3 N–H and O–H groups in total. The maximum absolute atomic E-state index is 12.6. The molecule has 6 aromatic carbocycles. The minimum absolute atomic E-state index is 0.182. The van der Waals surface area contributed by atoms with Gasteiger partial charge in [-0.05, 0) is 70.4 Å². The lowest BCUT2D eigenvalue weighted by Gasteiger charge is -2.19. The molecular formula is C33H26N2O6S2. The normalized spacial score (nSPS) is 11.6. The monoisotopic (exact) mass is 610 g/mol. The van der Waals surface area contributed by atoms with E-state index in [1.807, 2.05) is 109 Å². The Morgan fingerprint density at radius 1 is 0.628 bits per heavy atom. The summed E-state index contributed by atoms with van der Waals surface area (Å²) in [5.41, 5.74) is 4.71. The number of hydrogen-bond acceptors (Lipinski definition) is 8. The average Bonchev–Trinajstić information content (AvgIpc) is 3.02. The molecule has 0 amide bonds. The molecule has 0 aliphatic rings. The Kier molecular flexibility index (Phi) is 8.30. The van der Waals surface area contributed by atoms with E-state index in [0.717, 1.165) is 55.9 Å². The minimum atomic E-state index is -4.54. The zero-order chi connectivity index (χ0) is 29.8. The molecular weight excluding hydrogens is 585 g/mol. The van der Waals surface area contributed by atoms with Gasteiger partial charge in [0.05, 0.1) is 19.2 Å². The molecule has 6 aromatic rings. The number of hydrogen-bond donors (Lipinski definition) is 3. The van der Waals surface area contributed by atoms with E-state index >= 15 is 0 Å². The average molecular weight is 611 g/mol. The highest BCUT2D eigenvalue weighted by atomic mass is 32.2. The first-order valence-corrected chi connectivity index (χ1v) is 15.4. The Balaban J connectivity index is 1.59. The molecule has 0 aliphatic heterocycles.